The van der Waals surface area contributed by atoms with Gasteiger partial charge in [0.25, 0.3) is 11.8 Å². The van der Waals surface area contributed by atoms with E-state index in [1.54, 1.807) is 19.2 Å². The van der Waals surface area contributed by atoms with Crippen LogP contribution in [0.3, 0.4) is 0 Å². The summed E-state index contributed by atoms with van der Waals surface area (Å²) in [7, 11) is 4.59. The van der Waals surface area contributed by atoms with Crippen LogP contribution in [0.4, 0.5) is 0 Å². The van der Waals surface area contributed by atoms with Crippen molar-refractivity contribution in [1.29, 1.82) is 0 Å². The summed E-state index contributed by atoms with van der Waals surface area (Å²) in [5.74, 6) is 1.36. The third-order valence-electron chi connectivity index (χ3n) is 7.98. The predicted molar refractivity (Wildman–Crippen MR) is 153 cm³/mol. The number of thiazole rings is 1. The molecule has 1 fully saturated rings. The first kappa shape index (κ1) is 26.2. The number of nitrogens with one attached hydrogen (secondary N) is 1. The first-order valence-electron chi connectivity index (χ1n) is 13.4. The van der Waals surface area contributed by atoms with E-state index >= 15 is 0 Å². The standard InChI is InChI=1S/C30H32N4O5S/c1-37-25-9-8-21(26(38-2)27(25)39-3)29(35)33-13-10-18(11-14-33)28-32-24(17-40-28)30(36)34-15-12-20-19-6-4-5-7-22(19)31-23(20)16-34/h4-9,17-18,31H,10-16H2,1-3H3. The molecule has 0 radical (unpaired) electrons. The molecule has 2 aliphatic heterocycles. The minimum atomic E-state index is -0.104. The van der Waals surface area contributed by atoms with Crippen LogP contribution in [0.1, 0.15) is 55.9 Å². The summed E-state index contributed by atoms with van der Waals surface area (Å²) in [4.78, 5) is 38.7. The molecule has 2 aromatic carbocycles. The number of para-hydroxylation sites is 1. The van der Waals surface area contributed by atoms with Crippen molar-refractivity contribution < 1.29 is 23.8 Å². The van der Waals surface area contributed by atoms with Crippen molar-refractivity contribution in [3.05, 3.63) is 69.3 Å². The quantitative estimate of drug-likeness (QED) is 0.362. The average Bonchev–Trinajstić information content (AvgIpc) is 3.64. The van der Waals surface area contributed by atoms with Crippen LogP contribution in [0.2, 0.25) is 0 Å². The van der Waals surface area contributed by atoms with E-state index in [-0.39, 0.29) is 17.7 Å². The zero-order chi connectivity index (χ0) is 27.8. The number of carbonyl (C=O) groups is 2. The van der Waals surface area contributed by atoms with Gasteiger partial charge in [0.15, 0.2) is 11.5 Å². The number of likely N-dealkylation sites (tertiary alicyclic amines) is 1. The Morgan fingerprint density at radius 3 is 2.45 bits per heavy atom. The lowest BCUT2D eigenvalue weighted by molar-refractivity contribution is 0.0708. The monoisotopic (exact) mass is 560 g/mol. The molecule has 1 saturated heterocycles. The average molecular weight is 561 g/mol. The lowest BCUT2D eigenvalue weighted by Gasteiger charge is -2.31. The fourth-order valence-electron chi connectivity index (χ4n) is 5.87. The second kappa shape index (κ2) is 10.8. The fraction of sp³-hybridized carbons (Fsp3) is 0.367. The number of amides is 2. The number of benzene rings is 2. The Balaban J connectivity index is 1.10. The number of aromatic amines is 1. The summed E-state index contributed by atoms with van der Waals surface area (Å²) in [6.45, 7) is 2.44. The number of ether oxygens (including phenoxy) is 3. The zero-order valence-electron chi connectivity index (χ0n) is 22.9. The molecule has 208 valence electrons. The Morgan fingerprint density at radius 2 is 1.70 bits per heavy atom. The molecule has 4 heterocycles. The zero-order valence-corrected chi connectivity index (χ0v) is 23.7. The molecule has 0 bridgehead atoms. The van der Waals surface area contributed by atoms with Crippen LogP contribution in [0.15, 0.2) is 41.8 Å². The van der Waals surface area contributed by atoms with E-state index in [1.165, 1.54) is 36.5 Å². The molecular weight excluding hydrogens is 528 g/mol. The number of carbonyl (C=O) groups excluding carboxylic acids is 2. The highest BCUT2D eigenvalue weighted by Crippen LogP contribution is 2.41. The van der Waals surface area contributed by atoms with E-state index in [9.17, 15) is 9.59 Å². The van der Waals surface area contributed by atoms with Crippen LogP contribution in [-0.4, -0.2) is 72.5 Å². The van der Waals surface area contributed by atoms with Crippen molar-refractivity contribution in [2.45, 2.75) is 31.7 Å². The Kier molecular flexibility index (Phi) is 7.10. The SMILES string of the molecule is COc1ccc(C(=O)N2CCC(c3nc(C(=O)N4CCc5c([nH]c6ccccc56)C4)cs3)CC2)c(OC)c1OC. The van der Waals surface area contributed by atoms with E-state index in [0.717, 1.165) is 35.5 Å². The van der Waals surface area contributed by atoms with Gasteiger partial charge in [0.2, 0.25) is 5.75 Å². The molecule has 2 amide bonds. The first-order chi connectivity index (χ1) is 19.5. The molecule has 10 heteroatoms. The molecule has 1 N–H and O–H groups in total. The van der Waals surface area contributed by atoms with Gasteiger partial charge >= 0.3 is 0 Å². The Morgan fingerprint density at radius 1 is 0.925 bits per heavy atom. The molecule has 0 unspecified atom stereocenters. The molecule has 0 aliphatic carbocycles. The number of methoxy groups -OCH3 is 3. The number of nitrogens with zero attached hydrogens (tertiary/aromatic N) is 3. The summed E-state index contributed by atoms with van der Waals surface area (Å²) >= 11 is 1.54. The molecule has 2 aromatic heterocycles. The van der Waals surface area contributed by atoms with Crippen LogP contribution in [0, 0.1) is 0 Å². The smallest absolute Gasteiger partial charge is 0.273 e. The summed E-state index contributed by atoms with van der Waals surface area (Å²) in [5.41, 5.74) is 4.49. The normalized spacial score (nSPS) is 15.7. The lowest BCUT2D eigenvalue weighted by Crippen LogP contribution is -2.38. The van der Waals surface area contributed by atoms with Crippen molar-refractivity contribution in [3.63, 3.8) is 0 Å². The number of H-pyrrole nitrogens is 1. The number of fused-ring (bicyclic) bond motifs is 3. The molecule has 9 nitrogen and oxygen atoms in total. The largest absolute Gasteiger partial charge is 0.493 e. The maximum atomic E-state index is 13.4. The summed E-state index contributed by atoms with van der Waals surface area (Å²) in [6, 6.07) is 11.7. The topological polar surface area (TPSA) is 97.0 Å². The Labute approximate surface area is 236 Å². The van der Waals surface area contributed by atoms with Crippen molar-refractivity contribution in [3.8, 4) is 17.2 Å². The van der Waals surface area contributed by atoms with E-state index in [2.05, 4.69) is 23.2 Å². The molecule has 0 saturated carbocycles. The highest BCUT2D eigenvalue weighted by molar-refractivity contribution is 7.09. The van der Waals surface area contributed by atoms with Crippen LogP contribution in [0.25, 0.3) is 10.9 Å². The van der Waals surface area contributed by atoms with Gasteiger partial charge in [-0.2, -0.15) is 0 Å². The molecule has 2 aliphatic rings. The van der Waals surface area contributed by atoms with Crippen LogP contribution < -0.4 is 14.2 Å². The van der Waals surface area contributed by atoms with Gasteiger partial charge < -0.3 is 29.0 Å². The van der Waals surface area contributed by atoms with Crippen LogP contribution in [0.5, 0.6) is 17.2 Å². The number of hydrogen-bond donors (Lipinski definition) is 1. The number of aromatic nitrogens is 2. The van der Waals surface area contributed by atoms with Gasteiger partial charge in [-0.25, -0.2) is 4.98 Å². The van der Waals surface area contributed by atoms with Crippen molar-refractivity contribution in [1.82, 2.24) is 19.8 Å². The molecule has 4 aromatic rings. The van der Waals surface area contributed by atoms with Gasteiger partial charge in [-0.3, -0.25) is 9.59 Å². The van der Waals surface area contributed by atoms with E-state index in [0.29, 0.717) is 54.7 Å². The number of hydrogen-bond acceptors (Lipinski definition) is 7. The minimum absolute atomic E-state index is 0.0278. The molecule has 0 spiro atoms. The van der Waals surface area contributed by atoms with Gasteiger partial charge in [0, 0.05) is 47.5 Å². The van der Waals surface area contributed by atoms with Gasteiger partial charge in [-0.15, -0.1) is 11.3 Å². The number of rotatable bonds is 6. The summed E-state index contributed by atoms with van der Waals surface area (Å²) < 4.78 is 16.3. The fourth-order valence-corrected chi connectivity index (χ4v) is 6.84. The maximum Gasteiger partial charge on any atom is 0.273 e. The first-order valence-corrected chi connectivity index (χ1v) is 14.3. The van der Waals surface area contributed by atoms with E-state index in [4.69, 9.17) is 19.2 Å². The van der Waals surface area contributed by atoms with Crippen molar-refractivity contribution >= 4 is 34.1 Å². The van der Waals surface area contributed by atoms with Gasteiger partial charge in [0.1, 0.15) is 5.69 Å². The second-order valence-corrected chi connectivity index (χ2v) is 11.0. The Bertz CT molecular complexity index is 1570. The van der Waals surface area contributed by atoms with Gasteiger partial charge in [0.05, 0.1) is 38.4 Å². The molecule has 6 rings (SSSR count). The third kappa shape index (κ3) is 4.56. The molecular formula is C30H32N4O5S. The van der Waals surface area contributed by atoms with Crippen LogP contribution >= 0.6 is 11.3 Å². The highest BCUT2D eigenvalue weighted by atomic mass is 32.1. The maximum absolute atomic E-state index is 13.4. The van der Waals surface area contributed by atoms with Crippen LogP contribution in [-0.2, 0) is 13.0 Å². The van der Waals surface area contributed by atoms with Gasteiger partial charge in [-0.1, -0.05) is 18.2 Å². The highest BCUT2D eigenvalue weighted by Gasteiger charge is 2.31. The third-order valence-corrected chi connectivity index (χ3v) is 8.98. The number of piperidine rings is 1. The molecule has 0 atom stereocenters. The summed E-state index contributed by atoms with van der Waals surface area (Å²) in [5, 5.41) is 4.09. The van der Waals surface area contributed by atoms with Crippen molar-refractivity contribution in [2.24, 2.45) is 0 Å². The van der Waals surface area contributed by atoms with Gasteiger partial charge in [-0.05, 0) is 43.0 Å². The lowest BCUT2D eigenvalue weighted by atomic mass is 9.96. The summed E-state index contributed by atoms with van der Waals surface area (Å²) in [6.07, 6.45) is 2.40. The minimum Gasteiger partial charge on any atom is -0.493 e. The van der Waals surface area contributed by atoms with Crippen molar-refractivity contribution in [2.75, 3.05) is 41.0 Å². The Hall–Kier alpha value is -4.05. The predicted octanol–water partition coefficient (Wildman–Crippen LogP) is 4.87. The molecule has 40 heavy (non-hydrogen) atoms. The van der Waals surface area contributed by atoms with E-state index in [1.807, 2.05) is 21.2 Å². The second-order valence-electron chi connectivity index (χ2n) is 10.1. The van der Waals surface area contributed by atoms with E-state index < -0.39 is 0 Å².